The summed E-state index contributed by atoms with van der Waals surface area (Å²) in [6.07, 6.45) is 5.77. The first-order chi connectivity index (χ1) is 12.1. The normalized spacial score (nSPS) is 38.8. The van der Waals surface area contributed by atoms with Crippen LogP contribution in [0.3, 0.4) is 0 Å². The van der Waals surface area contributed by atoms with Crippen molar-refractivity contribution in [2.24, 2.45) is 29.6 Å². The summed E-state index contributed by atoms with van der Waals surface area (Å²) in [4.78, 5) is 14.7. The van der Waals surface area contributed by atoms with Crippen LogP contribution in [0.15, 0.2) is 30.3 Å². The molecule has 4 fully saturated rings. The Morgan fingerprint density at radius 2 is 1.68 bits per heavy atom. The first kappa shape index (κ1) is 17.1. The number of likely N-dealkylation sites (N-methyl/N-ethyl adjacent to an activating group) is 1. The second-order valence-corrected chi connectivity index (χ2v) is 8.84. The third-order valence-corrected chi connectivity index (χ3v) is 7.91. The Morgan fingerprint density at radius 1 is 1.12 bits per heavy atom. The van der Waals surface area contributed by atoms with Crippen molar-refractivity contribution in [2.45, 2.75) is 44.4 Å². The number of amides is 1. The maximum Gasteiger partial charge on any atom is 0.223 e. The van der Waals surface area contributed by atoms with E-state index < -0.39 is 0 Å². The summed E-state index contributed by atoms with van der Waals surface area (Å²) >= 11 is 0. The van der Waals surface area contributed by atoms with Crippen molar-refractivity contribution in [1.82, 2.24) is 4.90 Å². The van der Waals surface area contributed by atoms with E-state index in [1.54, 1.807) is 4.90 Å². The van der Waals surface area contributed by atoms with Crippen LogP contribution in [0, 0.1) is 29.6 Å². The number of aliphatic hydroxyl groups is 1. The van der Waals surface area contributed by atoms with Gasteiger partial charge in [-0.2, -0.15) is 0 Å². The van der Waals surface area contributed by atoms with Crippen LogP contribution < -0.4 is 0 Å². The molecule has 1 aromatic rings. The highest BCUT2D eigenvalue weighted by atomic mass is 16.3. The Balaban J connectivity index is 1.70. The Labute approximate surface area is 151 Å². The Kier molecular flexibility index (Phi) is 4.39. The van der Waals surface area contributed by atoms with Crippen LogP contribution in [-0.2, 0) is 10.2 Å². The van der Waals surface area contributed by atoms with Crippen molar-refractivity contribution in [3.8, 4) is 0 Å². The topological polar surface area (TPSA) is 40.5 Å². The number of hydrogen-bond donors (Lipinski definition) is 1. The molecule has 4 aliphatic carbocycles. The van der Waals surface area contributed by atoms with Gasteiger partial charge in [-0.1, -0.05) is 37.3 Å². The first-order valence-corrected chi connectivity index (χ1v) is 9.96. The predicted octanol–water partition coefficient (Wildman–Crippen LogP) is 3.47. The lowest BCUT2D eigenvalue weighted by Crippen LogP contribution is -2.59. The van der Waals surface area contributed by atoms with E-state index in [0.29, 0.717) is 24.8 Å². The third kappa shape index (κ3) is 2.63. The number of hydrogen-bond acceptors (Lipinski definition) is 2. The van der Waals surface area contributed by atoms with Gasteiger partial charge in [0.1, 0.15) is 0 Å². The summed E-state index contributed by atoms with van der Waals surface area (Å²) in [6, 6.07) is 10.9. The number of nitrogens with zero attached hydrogens (tertiary/aromatic N) is 1. The number of carbonyl (C=O) groups excluding carboxylic acids is 1. The van der Waals surface area contributed by atoms with Crippen molar-refractivity contribution in [2.75, 3.05) is 20.2 Å². The average molecular weight is 341 g/mol. The van der Waals surface area contributed by atoms with E-state index in [2.05, 4.69) is 37.3 Å². The zero-order valence-electron chi connectivity index (χ0n) is 15.5. The maximum absolute atomic E-state index is 13.0. The molecule has 4 saturated carbocycles. The number of rotatable bonds is 5. The molecule has 0 aromatic heterocycles. The van der Waals surface area contributed by atoms with Gasteiger partial charge in [0.25, 0.3) is 0 Å². The van der Waals surface area contributed by atoms with Gasteiger partial charge in [0, 0.05) is 25.4 Å². The van der Waals surface area contributed by atoms with Crippen LogP contribution in [0.25, 0.3) is 0 Å². The number of aliphatic hydroxyl groups excluding tert-OH is 1. The molecule has 0 atom stereocenters. The second-order valence-electron chi connectivity index (χ2n) is 8.84. The third-order valence-electron chi connectivity index (χ3n) is 7.91. The first-order valence-electron chi connectivity index (χ1n) is 9.96. The summed E-state index contributed by atoms with van der Waals surface area (Å²) in [5, 5.41) is 9.21. The SMILES string of the molecule is CC1C2CC3CC1CC(C2)C3(CC(=O)N(C)CCO)c1ccccc1. The standard InChI is InChI=1S/C22H31NO2/c1-15-16-10-19-12-17(15)13-20(11-16)22(19,18-6-4-3-5-7-18)14-21(25)23(2)8-9-24/h3-7,15-17,19-20,24H,8-14H2,1-2H3. The molecule has 136 valence electrons. The summed E-state index contributed by atoms with van der Waals surface area (Å²) in [6.45, 7) is 2.92. The quantitative estimate of drug-likeness (QED) is 0.891. The predicted molar refractivity (Wildman–Crippen MR) is 99.1 cm³/mol. The lowest BCUT2D eigenvalue weighted by Gasteiger charge is -2.63. The molecule has 4 bridgehead atoms. The summed E-state index contributed by atoms with van der Waals surface area (Å²) in [5.41, 5.74) is 1.39. The summed E-state index contributed by atoms with van der Waals surface area (Å²) in [7, 11) is 1.83. The molecule has 5 rings (SSSR count). The van der Waals surface area contributed by atoms with Crippen LogP contribution in [0.4, 0.5) is 0 Å². The lowest BCUT2D eigenvalue weighted by molar-refractivity contribution is -0.141. The Hall–Kier alpha value is -1.35. The van der Waals surface area contributed by atoms with Gasteiger partial charge in [0.05, 0.1) is 6.61 Å². The van der Waals surface area contributed by atoms with Gasteiger partial charge in [-0.15, -0.1) is 0 Å². The molecule has 1 aromatic carbocycles. The highest BCUT2D eigenvalue weighted by Crippen LogP contribution is 2.65. The van der Waals surface area contributed by atoms with Crippen molar-refractivity contribution in [1.29, 1.82) is 0 Å². The molecule has 1 amide bonds. The highest BCUT2D eigenvalue weighted by molar-refractivity contribution is 5.78. The fraction of sp³-hybridized carbons (Fsp3) is 0.682. The van der Waals surface area contributed by atoms with Crippen LogP contribution in [0.2, 0.25) is 0 Å². The largest absolute Gasteiger partial charge is 0.395 e. The van der Waals surface area contributed by atoms with Gasteiger partial charge in [0.15, 0.2) is 0 Å². The molecule has 1 N–H and O–H groups in total. The van der Waals surface area contributed by atoms with Crippen LogP contribution in [0.5, 0.6) is 0 Å². The molecule has 0 unspecified atom stereocenters. The second kappa shape index (κ2) is 6.42. The minimum atomic E-state index is 0.00913. The van der Waals surface area contributed by atoms with Gasteiger partial charge < -0.3 is 10.0 Å². The van der Waals surface area contributed by atoms with Gasteiger partial charge >= 0.3 is 0 Å². The van der Waals surface area contributed by atoms with Crippen LogP contribution >= 0.6 is 0 Å². The molecule has 0 radical (unpaired) electrons. The monoisotopic (exact) mass is 341 g/mol. The molecule has 3 nitrogen and oxygen atoms in total. The maximum atomic E-state index is 13.0. The Bertz CT molecular complexity index is 596. The molecule has 0 aliphatic heterocycles. The van der Waals surface area contributed by atoms with Crippen molar-refractivity contribution < 1.29 is 9.90 Å². The molecule has 3 heteroatoms. The minimum absolute atomic E-state index is 0.00913. The van der Waals surface area contributed by atoms with Gasteiger partial charge in [-0.25, -0.2) is 0 Å². The summed E-state index contributed by atoms with van der Waals surface area (Å²) < 4.78 is 0. The zero-order chi connectivity index (χ0) is 17.6. The molecular formula is C22H31NO2. The fourth-order valence-electron chi connectivity index (χ4n) is 6.54. The number of carbonyl (C=O) groups is 1. The van der Waals surface area contributed by atoms with E-state index in [4.69, 9.17) is 0 Å². The van der Waals surface area contributed by atoms with Crippen molar-refractivity contribution in [3.63, 3.8) is 0 Å². The van der Waals surface area contributed by atoms with Crippen molar-refractivity contribution >= 4 is 5.91 Å². The minimum Gasteiger partial charge on any atom is -0.395 e. The molecule has 0 heterocycles. The highest BCUT2D eigenvalue weighted by Gasteiger charge is 2.60. The molecular weight excluding hydrogens is 310 g/mol. The van der Waals surface area contributed by atoms with E-state index in [1.807, 2.05) is 7.05 Å². The van der Waals surface area contributed by atoms with E-state index in [1.165, 1.54) is 31.2 Å². The molecule has 0 saturated heterocycles. The van der Waals surface area contributed by atoms with Crippen LogP contribution in [-0.4, -0.2) is 36.1 Å². The van der Waals surface area contributed by atoms with Gasteiger partial charge in [-0.3, -0.25) is 4.79 Å². The van der Waals surface area contributed by atoms with E-state index in [0.717, 1.165) is 17.8 Å². The van der Waals surface area contributed by atoms with E-state index in [9.17, 15) is 9.90 Å². The fourth-order valence-corrected chi connectivity index (χ4v) is 6.54. The molecule has 0 spiro atoms. The number of benzene rings is 1. The molecule has 4 aliphatic rings. The average Bonchev–Trinajstić information content (AvgIpc) is 2.60. The lowest BCUT2D eigenvalue weighted by atomic mass is 9.41. The van der Waals surface area contributed by atoms with Gasteiger partial charge in [0.2, 0.25) is 5.91 Å². The Morgan fingerprint density at radius 3 is 2.20 bits per heavy atom. The van der Waals surface area contributed by atoms with E-state index >= 15 is 0 Å². The zero-order valence-corrected chi connectivity index (χ0v) is 15.5. The van der Waals surface area contributed by atoms with Gasteiger partial charge in [-0.05, 0) is 60.8 Å². The van der Waals surface area contributed by atoms with Crippen LogP contribution in [0.1, 0.15) is 44.6 Å². The van der Waals surface area contributed by atoms with E-state index in [-0.39, 0.29) is 17.9 Å². The smallest absolute Gasteiger partial charge is 0.223 e. The van der Waals surface area contributed by atoms with Crippen molar-refractivity contribution in [3.05, 3.63) is 35.9 Å². The molecule has 25 heavy (non-hydrogen) atoms. The summed E-state index contributed by atoms with van der Waals surface area (Å²) in [5.74, 6) is 4.07.